The maximum absolute atomic E-state index is 13.7. The molecule has 0 radical (unpaired) electrons. The monoisotopic (exact) mass is 456 g/mol. The summed E-state index contributed by atoms with van der Waals surface area (Å²) in [6, 6.07) is 15.6. The van der Waals surface area contributed by atoms with Crippen molar-refractivity contribution in [2.45, 2.75) is 6.18 Å². The number of imidazole rings is 1. The molecule has 8 nitrogen and oxygen atoms in total. The maximum Gasteiger partial charge on any atom is 0.450 e. The number of methoxy groups -OCH3 is 1. The lowest BCUT2D eigenvalue weighted by Crippen LogP contribution is -2.15. The Morgan fingerprint density at radius 1 is 1.09 bits per heavy atom. The number of nitrogens with one attached hydrogen (secondary N) is 1. The Hall–Kier alpha value is -4.41. The Balaban J connectivity index is 1.84. The fraction of sp³-hybridized carbons (Fsp3) is 0.0909. The van der Waals surface area contributed by atoms with Crippen LogP contribution in [0.1, 0.15) is 16.2 Å². The normalized spacial score (nSPS) is 11.4. The van der Waals surface area contributed by atoms with Gasteiger partial charge in [0.15, 0.2) is 0 Å². The Morgan fingerprint density at radius 2 is 1.82 bits per heavy atom. The molecule has 0 aliphatic carbocycles. The number of alkyl halides is 3. The fourth-order valence-corrected chi connectivity index (χ4v) is 3.34. The Labute approximate surface area is 184 Å². The van der Waals surface area contributed by atoms with Gasteiger partial charge in [0.25, 0.3) is 11.6 Å². The lowest BCUT2D eigenvalue weighted by molar-refractivity contribution is -0.383. The van der Waals surface area contributed by atoms with E-state index in [9.17, 15) is 28.1 Å². The number of hydrogen-bond donors (Lipinski definition) is 1. The molecule has 1 heterocycles. The van der Waals surface area contributed by atoms with Crippen LogP contribution in [0.4, 0.5) is 24.5 Å². The molecule has 0 bridgehead atoms. The Morgan fingerprint density at radius 3 is 2.45 bits per heavy atom. The first-order valence-corrected chi connectivity index (χ1v) is 9.48. The van der Waals surface area contributed by atoms with Crippen molar-refractivity contribution >= 4 is 28.3 Å². The van der Waals surface area contributed by atoms with E-state index in [0.717, 1.165) is 10.6 Å². The molecular weight excluding hydrogens is 441 g/mol. The van der Waals surface area contributed by atoms with Gasteiger partial charge >= 0.3 is 6.18 Å². The van der Waals surface area contributed by atoms with Crippen LogP contribution in [0.25, 0.3) is 16.7 Å². The maximum atomic E-state index is 13.7. The summed E-state index contributed by atoms with van der Waals surface area (Å²) >= 11 is 0. The molecule has 11 heteroatoms. The first kappa shape index (κ1) is 21.8. The fourth-order valence-electron chi connectivity index (χ4n) is 3.34. The summed E-state index contributed by atoms with van der Waals surface area (Å²) in [7, 11) is 1.37. The second-order valence-corrected chi connectivity index (χ2v) is 6.90. The Kier molecular flexibility index (Phi) is 5.46. The van der Waals surface area contributed by atoms with Crippen LogP contribution in [-0.2, 0) is 6.18 Å². The third-order valence-electron chi connectivity index (χ3n) is 4.84. The summed E-state index contributed by atoms with van der Waals surface area (Å²) in [4.78, 5) is 27.0. The molecule has 4 rings (SSSR count). The molecule has 1 amide bonds. The zero-order valence-corrected chi connectivity index (χ0v) is 17.0. The molecule has 3 aromatic carbocycles. The first-order chi connectivity index (χ1) is 15.7. The van der Waals surface area contributed by atoms with E-state index >= 15 is 0 Å². The lowest BCUT2D eigenvalue weighted by Gasteiger charge is -2.13. The number of hydrogen-bond acceptors (Lipinski definition) is 5. The van der Waals surface area contributed by atoms with Crippen LogP contribution < -0.4 is 10.1 Å². The molecule has 0 aliphatic heterocycles. The summed E-state index contributed by atoms with van der Waals surface area (Å²) < 4.78 is 47.1. The topological polar surface area (TPSA) is 99.3 Å². The minimum absolute atomic E-state index is 0.00536. The highest BCUT2D eigenvalue weighted by Crippen LogP contribution is 2.37. The first-order valence-electron chi connectivity index (χ1n) is 9.48. The van der Waals surface area contributed by atoms with Gasteiger partial charge in [0.05, 0.1) is 28.8 Å². The van der Waals surface area contributed by atoms with E-state index in [2.05, 4.69) is 10.3 Å². The molecule has 168 valence electrons. The molecular formula is C22H15F3N4O4. The van der Waals surface area contributed by atoms with Crippen LogP contribution >= 0.6 is 0 Å². The van der Waals surface area contributed by atoms with Gasteiger partial charge in [-0.3, -0.25) is 19.5 Å². The van der Waals surface area contributed by atoms with Gasteiger partial charge in [0.1, 0.15) is 11.4 Å². The van der Waals surface area contributed by atoms with Gasteiger partial charge in [-0.15, -0.1) is 0 Å². The molecule has 1 aromatic heterocycles. The number of rotatable bonds is 5. The number of nitrogens with zero attached hydrogens (tertiary/aromatic N) is 3. The largest absolute Gasteiger partial charge is 0.497 e. The minimum Gasteiger partial charge on any atom is -0.497 e. The van der Waals surface area contributed by atoms with Gasteiger partial charge in [-0.2, -0.15) is 13.2 Å². The van der Waals surface area contributed by atoms with Crippen molar-refractivity contribution in [1.82, 2.24) is 9.55 Å². The van der Waals surface area contributed by atoms with Crippen molar-refractivity contribution in [2.75, 3.05) is 12.4 Å². The average Bonchev–Trinajstić information content (AvgIpc) is 3.19. The number of ether oxygens (including phenoxy) is 1. The van der Waals surface area contributed by atoms with E-state index in [1.54, 1.807) is 18.2 Å². The summed E-state index contributed by atoms with van der Waals surface area (Å²) in [6.45, 7) is 0. The third-order valence-corrected chi connectivity index (χ3v) is 4.84. The number of aromatic nitrogens is 2. The van der Waals surface area contributed by atoms with Crippen molar-refractivity contribution < 1.29 is 27.6 Å². The quantitative estimate of drug-likeness (QED) is 0.328. The zero-order valence-electron chi connectivity index (χ0n) is 17.0. The number of nitro benzene ring substituents is 1. The van der Waals surface area contributed by atoms with E-state index in [0.29, 0.717) is 5.75 Å². The van der Waals surface area contributed by atoms with Crippen molar-refractivity contribution in [3.8, 4) is 11.4 Å². The number of carbonyl (C=O) groups excluding carboxylic acids is 1. The van der Waals surface area contributed by atoms with Gasteiger partial charge in [-0.25, -0.2) is 4.98 Å². The predicted molar refractivity (Wildman–Crippen MR) is 114 cm³/mol. The van der Waals surface area contributed by atoms with Gasteiger partial charge in [0, 0.05) is 17.7 Å². The molecule has 0 unspecified atom stereocenters. The van der Waals surface area contributed by atoms with E-state index < -0.39 is 28.5 Å². The summed E-state index contributed by atoms with van der Waals surface area (Å²) in [5.74, 6) is -1.53. The second kappa shape index (κ2) is 8.26. The average molecular weight is 456 g/mol. The van der Waals surface area contributed by atoms with Gasteiger partial charge < -0.3 is 10.1 Å². The number of fused-ring (bicyclic) bond motifs is 1. The minimum atomic E-state index is -4.83. The number of amides is 1. The zero-order chi connectivity index (χ0) is 23.8. The number of halogens is 3. The van der Waals surface area contributed by atoms with Crippen molar-refractivity contribution in [3.05, 3.63) is 88.2 Å². The van der Waals surface area contributed by atoms with Crippen molar-refractivity contribution in [1.29, 1.82) is 0 Å². The molecule has 4 aromatic rings. The van der Waals surface area contributed by atoms with Crippen LogP contribution in [0.3, 0.4) is 0 Å². The lowest BCUT2D eigenvalue weighted by atomic mass is 10.2. The molecule has 0 fully saturated rings. The summed E-state index contributed by atoms with van der Waals surface area (Å²) in [5, 5.41) is 14.1. The van der Waals surface area contributed by atoms with E-state index in [4.69, 9.17) is 4.74 Å². The highest BCUT2D eigenvalue weighted by Gasteiger charge is 2.38. The summed E-state index contributed by atoms with van der Waals surface area (Å²) in [5.41, 5.74) is -0.508. The molecule has 0 spiro atoms. The van der Waals surface area contributed by atoms with E-state index in [-0.39, 0.29) is 28.0 Å². The Bertz CT molecular complexity index is 1370. The van der Waals surface area contributed by atoms with E-state index in [1.807, 2.05) is 0 Å². The SMILES string of the molecule is COc1ccc2c(c1)nc(C(F)(F)F)n2-c1ccc(NC(=O)c2ccccc2)c([N+](=O)[O-])c1. The number of benzene rings is 3. The number of nitro groups is 1. The van der Waals surface area contributed by atoms with Crippen molar-refractivity contribution in [2.24, 2.45) is 0 Å². The number of anilines is 1. The molecule has 0 aliphatic rings. The highest BCUT2D eigenvalue weighted by molar-refractivity contribution is 6.05. The molecule has 33 heavy (non-hydrogen) atoms. The van der Waals surface area contributed by atoms with Crippen LogP contribution in [0.2, 0.25) is 0 Å². The summed E-state index contributed by atoms with van der Waals surface area (Å²) in [6.07, 6.45) is -4.83. The third kappa shape index (κ3) is 4.20. The van der Waals surface area contributed by atoms with Gasteiger partial charge in [0.2, 0.25) is 5.82 Å². The van der Waals surface area contributed by atoms with Crippen LogP contribution in [0.5, 0.6) is 5.75 Å². The van der Waals surface area contributed by atoms with Crippen LogP contribution in [0, 0.1) is 10.1 Å². The standard InChI is InChI=1S/C22H15F3N4O4/c1-33-15-8-10-18-17(12-15)27-21(22(23,24)25)28(18)14-7-9-16(19(11-14)29(31)32)26-20(30)13-5-3-2-4-6-13/h2-12H,1H3,(H,26,30). The van der Waals surface area contributed by atoms with Gasteiger partial charge in [-0.05, 0) is 36.4 Å². The molecule has 0 atom stereocenters. The highest BCUT2D eigenvalue weighted by atomic mass is 19.4. The molecule has 0 saturated heterocycles. The smallest absolute Gasteiger partial charge is 0.450 e. The predicted octanol–water partition coefficient (Wildman–Crippen LogP) is 5.21. The van der Waals surface area contributed by atoms with Crippen molar-refractivity contribution in [3.63, 3.8) is 0 Å². The van der Waals surface area contributed by atoms with Gasteiger partial charge in [-0.1, -0.05) is 18.2 Å². The van der Waals surface area contributed by atoms with Crippen LogP contribution in [-0.4, -0.2) is 27.5 Å². The van der Waals surface area contributed by atoms with Crippen LogP contribution in [0.15, 0.2) is 66.7 Å². The van der Waals surface area contributed by atoms with E-state index in [1.165, 1.54) is 49.6 Å². The molecule has 1 N–H and O–H groups in total. The number of carbonyl (C=O) groups is 1. The second-order valence-electron chi connectivity index (χ2n) is 6.90. The molecule has 0 saturated carbocycles.